The van der Waals surface area contributed by atoms with Gasteiger partial charge in [0.2, 0.25) is 0 Å². The Kier molecular flexibility index (Phi) is 3.99. The molecule has 1 fully saturated rings. The van der Waals surface area contributed by atoms with Crippen molar-refractivity contribution in [3.63, 3.8) is 0 Å². The lowest BCUT2D eigenvalue weighted by atomic mass is 9.86. The monoisotopic (exact) mass is 274 g/mol. The van der Waals surface area contributed by atoms with E-state index in [0.29, 0.717) is 23.9 Å². The van der Waals surface area contributed by atoms with Crippen molar-refractivity contribution in [3.8, 4) is 5.75 Å². The summed E-state index contributed by atoms with van der Waals surface area (Å²) in [6, 6.07) is 7.57. The smallest absolute Gasteiger partial charge is 0.115 e. The van der Waals surface area contributed by atoms with Gasteiger partial charge in [-0.1, -0.05) is 6.07 Å². The summed E-state index contributed by atoms with van der Waals surface area (Å²) in [6.07, 6.45) is 6.04. The highest BCUT2D eigenvalue weighted by molar-refractivity contribution is 5.38. The Labute approximate surface area is 122 Å². The molecule has 20 heavy (non-hydrogen) atoms. The van der Waals surface area contributed by atoms with E-state index in [-0.39, 0.29) is 0 Å². The summed E-state index contributed by atoms with van der Waals surface area (Å²) in [5, 5.41) is 13.6. The number of aryl methyl sites for hydroxylation is 1. The van der Waals surface area contributed by atoms with E-state index in [0.717, 1.165) is 6.42 Å². The Balaban J connectivity index is 1.71. The molecule has 1 aliphatic heterocycles. The van der Waals surface area contributed by atoms with Crippen molar-refractivity contribution < 1.29 is 5.11 Å². The fourth-order valence-electron chi connectivity index (χ4n) is 3.68. The average Bonchev–Trinajstić information content (AvgIpc) is 2.44. The van der Waals surface area contributed by atoms with Gasteiger partial charge >= 0.3 is 0 Å². The summed E-state index contributed by atoms with van der Waals surface area (Å²) in [7, 11) is 2.22. The highest BCUT2D eigenvalue weighted by Crippen LogP contribution is 2.33. The molecule has 1 aromatic rings. The summed E-state index contributed by atoms with van der Waals surface area (Å²) in [4.78, 5) is 2.44. The number of phenolic OH excluding ortho intramolecular Hbond substituents is 1. The van der Waals surface area contributed by atoms with E-state index in [9.17, 15) is 5.11 Å². The quantitative estimate of drug-likeness (QED) is 0.870. The van der Waals surface area contributed by atoms with Gasteiger partial charge in [-0.2, -0.15) is 0 Å². The topological polar surface area (TPSA) is 35.5 Å². The van der Waals surface area contributed by atoms with Gasteiger partial charge < -0.3 is 15.3 Å². The van der Waals surface area contributed by atoms with E-state index in [1.54, 1.807) is 0 Å². The highest BCUT2D eigenvalue weighted by Gasteiger charge is 2.27. The van der Waals surface area contributed by atoms with Crippen LogP contribution in [0.15, 0.2) is 18.2 Å². The zero-order valence-corrected chi connectivity index (χ0v) is 12.6. The molecule has 0 bridgehead atoms. The maximum absolute atomic E-state index is 9.75. The summed E-state index contributed by atoms with van der Waals surface area (Å²) in [5.41, 5.74) is 2.73. The predicted octanol–water partition coefficient (Wildman–Crippen LogP) is 2.84. The van der Waals surface area contributed by atoms with E-state index >= 15 is 0 Å². The van der Waals surface area contributed by atoms with Crippen LogP contribution < -0.4 is 5.32 Å². The number of aromatic hydroxyl groups is 1. The van der Waals surface area contributed by atoms with Crippen molar-refractivity contribution >= 4 is 0 Å². The SMILES string of the molecule is CC1CC(NC2CCCc3ccc(O)cc32)CCN1C. The molecule has 0 spiro atoms. The summed E-state index contributed by atoms with van der Waals surface area (Å²) < 4.78 is 0. The highest BCUT2D eigenvalue weighted by atomic mass is 16.3. The third kappa shape index (κ3) is 2.84. The van der Waals surface area contributed by atoms with Gasteiger partial charge in [0, 0.05) is 18.1 Å². The molecule has 0 saturated carbocycles. The van der Waals surface area contributed by atoms with Gasteiger partial charge in [0.15, 0.2) is 0 Å². The molecule has 0 aromatic heterocycles. The van der Waals surface area contributed by atoms with Gasteiger partial charge in [-0.05, 0) is 75.9 Å². The van der Waals surface area contributed by atoms with Crippen LogP contribution in [0.2, 0.25) is 0 Å². The van der Waals surface area contributed by atoms with Crippen LogP contribution in [-0.2, 0) is 6.42 Å². The van der Waals surface area contributed by atoms with Crippen LogP contribution in [0.5, 0.6) is 5.75 Å². The number of hydrogen-bond donors (Lipinski definition) is 2. The fraction of sp³-hybridized carbons (Fsp3) is 0.647. The maximum atomic E-state index is 9.75. The van der Waals surface area contributed by atoms with Gasteiger partial charge in [-0.25, -0.2) is 0 Å². The average molecular weight is 274 g/mol. The molecule has 2 N–H and O–H groups in total. The minimum Gasteiger partial charge on any atom is -0.508 e. The van der Waals surface area contributed by atoms with Gasteiger partial charge in [0.25, 0.3) is 0 Å². The van der Waals surface area contributed by atoms with E-state index in [1.165, 1.54) is 43.4 Å². The van der Waals surface area contributed by atoms with Crippen LogP contribution in [0, 0.1) is 0 Å². The molecule has 1 heterocycles. The Morgan fingerprint density at radius 3 is 2.95 bits per heavy atom. The Bertz CT molecular complexity index is 474. The molecule has 3 atom stereocenters. The van der Waals surface area contributed by atoms with Crippen LogP contribution in [0.1, 0.15) is 49.8 Å². The fourth-order valence-corrected chi connectivity index (χ4v) is 3.68. The maximum Gasteiger partial charge on any atom is 0.115 e. The van der Waals surface area contributed by atoms with Crippen LogP contribution in [0.4, 0.5) is 0 Å². The predicted molar refractivity (Wildman–Crippen MR) is 82.0 cm³/mol. The Morgan fingerprint density at radius 2 is 2.15 bits per heavy atom. The van der Waals surface area contributed by atoms with Crippen molar-refractivity contribution in [2.24, 2.45) is 0 Å². The van der Waals surface area contributed by atoms with E-state index in [4.69, 9.17) is 0 Å². The van der Waals surface area contributed by atoms with Crippen molar-refractivity contribution in [2.75, 3.05) is 13.6 Å². The first-order valence-corrected chi connectivity index (χ1v) is 7.91. The molecule has 1 saturated heterocycles. The van der Waals surface area contributed by atoms with Crippen molar-refractivity contribution in [1.29, 1.82) is 0 Å². The van der Waals surface area contributed by atoms with E-state index in [2.05, 4.69) is 30.3 Å². The molecule has 3 heteroatoms. The van der Waals surface area contributed by atoms with Gasteiger partial charge in [-0.3, -0.25) is 0 Å². The third-order valence-corrected chi connectivity index (χ3v) is 5.09. The first-order chi connectivity index (χ1) is 9.63. The van der Waals surface area contributed by atoms with Gasteiger partial charge in [-0.15, -0.1) is 0 Å². The summed E-state index contributed by atoms with van der Waals surface area (Å²) in [6.45, 7) is 3.49. The number of benzene rings is 1. The Morgan fingerprint density at radius 1 is 1.30 bits per heavy atom. The van der Waals surface area contributed by atoms with Crippen LogP contribution in [0.3, 0.4) is 0 Å². The molecule has 3 nitrogen and oxygen atoms in total. The van der Waals surface area contributed by atoms with Gasteiger partial charge in [0.1, 0.15) is 5.75 Å². The molecule has 3 rings (SSSR count). The zero-order valence-electron chi connectivity index (χ0n) is 12.6. The lowest BCUT2D eigenvalue weighted by Gasteiger charge is -2.38. The minimum atomic E-state index is 0.397. The van der Waals surface area contributed by atoms with E-state index < -0.39 is 0 Å². The van der Waals surface area contributed by atoms with Crippen molar-refractivity contribution in [3.05, 3.63) is 29.3 Å². The lowest BCUT2D eigenvalue weighted by molar-refractivity contribution is 0.160. The molecular weight excluding hydrogens is 248 g/mol. The molecule has 110 valence electrons. The largest absolute Gasteiger partial charge is 0.508 e. The standard InChI is InChI=1S/C17H26N2O/c1-12-10-14(8-9-19(12)2)18-17-5-3-4-13-6-7-15(20)11-16(13)17/h6-7,11-12,14,17-18,20H,3-5,8-10H2,1-2H3. The zero-order chi connectivity index (χ0) is 14.1. The van der Waals surface area contributed by atoms with Crippen LogP contribution in [-0.4, -0.2) is 35.7 Å². The normalized spacial score (nSPS) is 31.0. The molecule has 1 aromatic carbocycles. The Hall–Kier alpha value is -1.06. The molecule has 0 amide bonds. The number of piperidine rings is 1. The molecule has 3 unspecified atom stereocenters. The van der Waals surface area contributed by atoms with Gasteiger partial charge in [0.05, 0.1) is 0 Å². The minimum absolute atomic E-state index is 0.397. The molecule has 0 radical (unpaired) electrons. The van der Waals surface area contributed by atoms with Crippen LogP contribution in [0.25, 0.3) is 0 Å². The number of hydrogen-bond acceptors (Lipinski definition) is 3. The molecule has 1 aliphatic carbocycles. The number of phenols is 1. The number of nitrogens with one attached hydrogen (secondary N) is 1. The van der Waals surface area contributed by atoms with E-state index in [1.807, 2.05) is 12.1 Å². The van der Waals surface area contributed by atoms with Crippen LogP contribution >= 0.6 is 0 Å². The second-order valence-corrected chi connectivity index (χ2v) is 6.55. The third-order valence-electron chi connectivity index (χ3n) is 5.09. The lowest BCUT2D eigenvalue weighted by Crippen LogP contribution is -2.46. The second-order valence-electron chi connectivity index (χ2n) is 6.55. The first-order valence-electron chi connectivity index (χ1n) is 7.91. The van der Waals surface area contributed by atoms with Crippen molar-refractivity contribution in [2.45, 2.75) is 57.2 Å². The summed E-state index contributed by atoms with van der Waals surface area (Å²) in [5.74, 6) is 0.397. The first kappa shape index (κ1) is 13.9. The molecular formula is C17H26N2O. The second kappa shape index (κ2) is 5.74. The number of nitrogens with zero attached hydrogens (tertiary/aromatic N) is 1. The molecule has 2 aliphatic rings. The number of rotatable bonds is 2. The van der Waals surface area contributed by atoms with Crippen molar-refractivity contribution in [1.82, 2.24) is 10.2 Å². The number of fused-ring (bicyclic) bond motifs is 1. The number of likely N-dealkylation sites (tertiary alicyclic amines) is 1. The summed E-state index contributed by atoms with van der Waals surface area (Å²) >= 11 is 0.